The molecule has 0 spiro atoms. The van der Waals surface area contributed by atoms with Crippen LogP contribution >= 0.6 is 0 Å². The lowest BCUT2D eigenvalue weighted by molar-refractivity contribution is -0.116. The molecule has 0 radical (unpaired) electrons. The highest BCUT2D eigenvalue weighted by Crippen LogP contribution is 2.30. The average Bonchev–Trinajstić information content (AvgIpc) is 2.39. The molecule has 2 rings (SSSR count). The van der Waals surface area contributed by atoms with Crippen LogP contribution in [0.25, 0.3) is 0 Å². The molecular formula is C16H23NO3. The largest absolute Gasteiger partial charge is 0.494 e. The lowest BCUT2D eigenvalue weighted by Gasteiger charge is -2.24. The Kier molecular flexibility index (Phi) is 5.41. The van der Waals surface area contributed by atoms with Crippen LogP contribution in [0.15, 0.2) is 18.2 Å². The lowest BCUT2D eigenvalue weighted by atomic mass is 9.82. The molecule has 20 heavy (non-hydrogen) atoms. The number of carbonyl (C=O) groups is 1. The van der Waals surface area contributed by atoms with Crippen LogP contribution in [-0.4, -0.2) is 17.6 Å². The number of anilines is 1. The van der Waals surface area contributed by atoms with E-state index < -0.39 is 0 Å². The van der Waals surface area contributed by atoms with E-state index in [9.17, 15) is 9.90 Å². The molecule has 1 fully saturated rings. The second-order valence-corrected chi connectivity index (χ2v) is 5.30. The average molecular weight is 277 g/mol. The summed E-state index contributed by atoms with van der Waals surface area (Å²) >= 11 is 0. The number of hydrogen-bond donors (Lipinski definition) is 2. The summed E-state index contributed by atoms with van der Waals surface area (Å²) in [5, 5.41) is 12.2. The Morgan fingerprint density at radius 1 is 1.45 bits per heavy atom. The molecule has 110 valence electrons. The summed E-state index contributed by atoms with van der Waals surface area (Å²) in [6.45, 7) is 2.36. The van der Waals surface area contributed by atoms with Crippen molar-refractivity contribution in [3.63, 3.8) is 0 Å². The highest BCUT2D eigenvalue weighted by molar-refractivity contribution is 5.90. The van der Waals surface area contributed by atoms with Gasteiger partial charge in [-0.2, -0.15) is 0 Å². The maximum Gasteiger partial charge on any atom is 0.224 e. The molecule has 4 nitrogen and oxygen atoms in total. The highest BCUT2D eigenvalue weighted by Gasteiger charge is 2.18. The minimum Gasteiger partial charge on any atom is -0.494 e. The third-order valence-corrected chi connectivity index (χ3v) is 3.82. The SMILES string of the molecule is CCOc1ccc(NC(=O)CCC2CCC2)cc1CO. The van der Waals surface area contributed by atoms with Crippen molar-refractivity contribution in [2.45, 2.75) is 45.6 Å². The van der Waals surface area contributed by atoms with Crippen molar-refractivity contribution in [1.82, 2.24) is 0 Å². The maximum atomic E-state index is 11.9. The Balaban J connectivity index is 1.89. The van der Waals surface area contributed by atoms with Gasteiger partial charge in [-0.25, -0.2) is 0 Å². The summed E-state index contributed by atoms with van der Waals surface area (Å²) in [4.78, 5) is 11.9. The number of aliphatic hydroxyl groups is 1. The van der Waals surface area contributed by atoms with E-state index in [1.54, 1.807) is 12.1 Å². The first kappa shape index (κ1) is 14.9. The molecule has 4 heteroatoms. The number of benzene rings is 1. The van der Waals surface area contributed by atoms with E-state index in [1.165, 1.54) is 19.3 Å². The van der Waals surface area contributed by atoms with Crippen molar-refractivity contribution < 1.29 is 14.6 Å². The van der Waals surface area contributed by atoms with E-state index in [2.05, 4.69) is 5.32 Å². The van der Waals surface area contributed by atoms with Gasteiger partial charge < -0.3 is 15.2 Å². The van der Waals surface area contributed by atoms with Crippen molar-refractivity contribution >= 4 is 11.6 Å². The molecular weight excluding hydrogens is 254 g/mol. The molecule has 1 aliphatic carbocycles. The van der Waals surface area contributed by atoms with Crippen LogP contribution < -0.4 is 10.1 Å². The molecule has 1 saturated carbocycles. The Labute approximate surface area is 120 Å². The van der Waals surface area contributed by atoms with Gasteiger partial charge in [0.25, 0.3) is 0 Å². The predicted molar refractivity (Wildman–Crippen MR) is 78.7 cm³/mol. The van der Waals surface area contributed by atoms with Gasteiger partial charge in [-0.15, -0.1) is 0 Å². The van der Waals surface area contributed by atoms with Gasteiger partial charge >= 0.3 is 0 Å². The number of ether oxygens (including phenoxy) is 1. The van der Waals surface area contributed by atoms with Gasteiger partial charge in [-0.3, -0.25) is 4.79 Å². The fourth-order valence-corrected chi connectivity index (χ4v) is 2.42. The zero-order valence-corrected chi connectivity index (χ0v) is 12.0. The Hall–Kier alpha value is -1.55. The summed E-state index contributed by atoms with van der Waals surface area (Å²) in [5.74, 6) is 1.46. The van der Waals surface area contributed by atoms with E-state index in [0.717, 1.165) is 18.0 Å². The van der Waals surface area contributed by atoms with Gasteiger partial charge in [0, 0.05) is 17.7 Å². The Morgan fingerprint density at radius 2 is 2.25 bits per heavy atom. The summed E-state index contributed by atoms with van der Waals surface area (Å²) in [7, 11) is 0. The van der Waals surface area contributed by atoms with E-state index in [0.29, 0.717) is 24.3 Å². The summed E-state index contributed by atoms with van der Waals surface area (Å²) < 4.78 is 5.42. The number of rotatable bonds is 7. The van der Waals surface area contributed by atoms with Crippen LogP contribution in [0, 0.1) is 5.92 Å². The first-order valence-corrected chi connectivity index (χ1v) is 7.39. The molecule has 0 heterocycles. The molecule has 0 saturated heterocycles. The van der Waals surface area contributed by atoms with Gasteiger partial charge in [-0.1, -0.05) is 19.3 Å². The number of hydrogen-bond acceptors (Lipinski definition) is 3. The molecule has 0 unspecified atom stereocenters. The topological polar surface area (TPSA) is 58.6 Å². The fraction of sp³-hybridized carbons (Fsp3) is 0.562. The van der Waals surface area contributed by atoms with Crippen molar-refractivity contribution in [2.24, 2.45) is 5.92 Å². The van der Waals surface area contributed by atoms with Crippen LogP contribution in [0.1, 0.15) is 44.6 Å². The summed E-state index contributed by atoms with van der Waals surface area (Å²) in [6, 6.07) is 5.37. The number of amides is 1. The fourth-order valence-electron chi connectivity index (χ4n) is 2.42. The molecule has 0 aliphatic heterocycles. The highest BCUT2D eigenvalue weighted by atomic mass is 16.5. The third kappa shape index (κ3) is 3.97. The number of aliphatic hydroxyl groups excluding tert-OH is 1. The zero-order valence-electron chi connectivity index (χ0n) is 12.0. The van der Waals surface area contributed by atoms with Gasteiger partial charge in [0.1, 0.15) is 5.75 Å². The molecule has 0 aromatic heterocycles. The third-order valence-electron chi connectivity index (χ3n) is 3.82. The van der Waals surface area contributed by atoms with E-state index in [4.69, 9.17) is 4.74 Å². The van der Waals surface area contributed by atoms with Crippen LogP contribution in [0.2, 0.25) is 0 Å². The second-order valence-electron chi connectivity index (χ2n) is 5.30. The molecule has 1 amide bonds. The quantitative estimate of drug-likeness (QED) is 0.805. The van der Waals surface area contributed by atoms with Gasteiger partial charge in [0.15, 0.2) is 0 Å². The summed E-state index contributed by atoms with van der Waals surface area (Å²) in [6.07, 6.45) is 5.41. The van der Waals surface area contributed by atoms with Crippen LogP contribution in [0.5, 0.6) is 5.75 Å². The van der Waals surface area contributed by atoms with Crippen molar-refractivity contribution in [3.05, 3.63) is 23.8 Å². The minimum absolute atomic E-state index is 0.0462. The van der Waals surface area contributed by atoms with Crippen molar-refractivity contribution in [2.75, 3.05) is 11.9 Å². The van der Waals surface area contributed by atoms with E-state index in [1.807, 2.05) is 13.0 Å². The minimum atomic E-state index is -0.0961. The van der Waals surface area contributed by atoms with Gasteiger partial charge in [0.05, 0.1) is 13.2 Å². The molecule has 1 aliphatic rings. The first-order chi connectivity index (χ1) is 9.72. The van der Waals surface area contributed by atoms with E-state index in [-0.39, 0.29) is 12.5 Å². The van der Waals surface area contributed by atoms with Gasteiger partial charge in [-0.05, 0) is 37.5 Å². The normalized spacial score (nSPS) is 14.7. The number of carbonyl (C=O) groups excluding carboxylic acids is 1. The molecule has 0 bridgehead atoms. The standard InChI is InChI=1S/C16H23NO3/c1-2-20-15-8-7-14(10-13(15)11-18)17-16(19)9-6-12-4-3-5-12/h7-8,10,12,18H,2-6,9,11H2,1H3,(H,17,19). The Bertz CT molecular complexity index is 455. The molecule has 0 atom stereocenters. The second kappa shape index (κ2) is 7.29. The van der Waals surface area contributed by atoms with Crippen LogP contribution in [0.4, 0.5) is 5.69 Å². The van der Waals surface area contributed by atoms with E-state index >= 15 is 0 Å². The summed E-state index contributed by atoms with van der Waals surface area (Å²) in [5.41, 5.74) is 1.42. The zero-order chi connectivity index (χ0) is 14.4. The van der Waals surface area contributed by atoms with Crippen LogP contribution in [0.3, 0.4) is 0 Å². The molecule has 1 aromatic rings. The predicted octanol–water partition coefficient (Wildman–Crippen LogP) is 3.10. The molecule has 2 N–H and O–H groups in total. The van der Waals surface area contributed by atoms with Gasteiger partial charge in [0.2, 0.25) is 5.91 Å². The van der Waals surface area contributed by atoms with Crippen LogP contribution in [-0.2, 0) is 11.4 Å². The first-order valence-electron chi connectivity index (χ1n) is 7.39. The van der Waals surface area contributed by atoms with Crippen molar-refractivity contribution in [1.29, 1.82) is 0 Å². The Morgan fingerprint density at radius 3 is 2.85 bits per heavy atom. The van der Waals surface area contributed by atoms with Crippen molar-refractivity contribution in [3.8, 4) is 5.75 Å². The molecule has 1 aromatic carbocycles. The smallest absolute Gasteiger partial charge is 0.224 e. The monoisotopic (exact) mass is 277 g/mol. The maximum absolute atomic E-state index is 11.9. The number of nitrogens with one attached hydrogen (secondary N) is 1. The lowest BCUT2D eigenvalue weighted by Crippen LogP contribution is -2.17.